The van der Waals surface area contributed by atoms with Gasteiger partial charge in [-0.3, -0.25) is 34.0 Å². The average Bonchev–Trinajstić information content (AvgIpc) is 2.60. The largest absolute Gasteiger partial charge is 0.480 e. The number of carboxylic acid groups (broad SMARTS) is 3. The van der Waals surface area contributed by atoms with Crippen molar-refractivity contribution in [3.05, 3.63) is 0 Å². The average molecular weight is 431 g/mol. The fourth-order valence-electron chi connectivity index (χ4n) is 3.96. The molecule has 0 aliphatic carbocycles. The maximum Gasteiger partial charge on any atom is 0.317 e. The van der Waals surface area contributed by atoms with Crippen molar-refractivity contribution in [1.29, 1.82) is 0 Å². The number of carbonyl (C=O) groups is 3. The van der Waals surface area contributed by atoms with E-state index in [-0.39, 0.29) is 25.7 Å². The van der Waals surface area contributed by atoms with E-state index in [1.807, 2.05) is 9.80 Å². The Morgan fingerprint density at radius 3 is 1.57 bits per heavy atom. The van der Waals surface area contributed by atoms with Gasteiger partial charge in [0.25, 0.3) is 0 Å². The molecule has 174 valence electrons. The van der Waals surface area contributed by atoms with Crippen LogP contribution in [0.4, 0.5) is 0 Å². The molecule has 0 bridgehead atoms. The van der Waals surface area contributed by atoms with Crippen molar-refractivity contribution in [3.8, 4) is 0 Å². The van der Waals surface area contributed by atoms with Gasteiger partial charge < -0.3 is 15.3 Å². The minimum atomic E-state index is -0.952. The summed E-state index contributed by atoms with van der Waals surface area (Å²) in [7, 11) is 0. The van der Waals surface area contributed by atoms with E-state index in [4.69, 9.17) is 0 Å². The van der Waals surface area contributed by atoms with Crippen molar-refractivity contribution in [2.75, 3.05) is 72.0 Å². The Morgan fingerprint density at radius 2 is 1.17 bits per heavy atom. The quantitative estimate of drug-likeness (QED) is 0.456. The Balaban J connectivity index is 3.09. The van der Waals surface area contributed by atoms with Gasteiger partial charge in [-0.1, -0.05) is 20.8 Å². The zero-order chi connectivity index (χ0) is 22.7. The van der Waals surface area contributed by atoms with Gasteiger partial charge in [-0.2, -0.15) is 0 Å². The van der Waals surface area contributed by atoms with Crippen LogP contribution in [0.2, 0.25) is 0 Å². The zero-order valence-electron chi connectivity index (χ0n) is 18.5. The lowest BCUT2D eigenvalue weighted by atomic mass is 10.0. The van der Waals surface area contributed by atoms with E-state index in [9.17, 15) is 29.7 Å². The van der Waals surface area contributed by atoms with Crippen LogP contribution in [-0.4, -0.2) is 131 Å². The van der Waals surface area contributed by atoms with Gasteiger partial charge >= 0.3 is 17.9 Å². The lowest BCUT2D eigenvalue weighted by Crippen LogP contribution is -2.52. The standard InChI is InChI=1S/C20H38N4O6/c1-4-24-10-9-22(14-19(27)28)6-5-21(13-18(25)26)7-8-23(15-20(29)30)12-17(24)11-16(2)3/h16-17H,4-15H2,1-3H3,(H,25,26)(H,27,28)(H,29,30). The molecule has 1 aliphatic rings. The number of aliphatic carboxylic acids is 3. The predicted molar refractivity (Wildman–Crippen MR) is 113 cm³/mol. The zero-order valence-corrected chi connectivity index (χ0v) is 18.5. The van der Waals surface area contributed by atoms with E-state index in [2.05, 4.69) is 25.7 Å². The predicted octanol–water partition coefficient (Wildman–Crippen LogP) is -0.104. The van der Waals surface area contributed by atoms with E-state index >= 15 is 0 Å². The summed E-state index contributed by atoms with van der Waals surface area (Å²) in [6.45, 7) is 10.4. The first-order valence-electron chi connectivity index (χ1n) is 10.7. The highest BCUT2D eigenvalue weighted by Gasteiger charge is 2.25. The monoisotopic (exact) mass is 430 g/mol. The van der Waals surface area contributed by atoms with Crippen LogP contribution in [-0.2, 0) is 14.4 Å². The summed E-state index contributed by atoms with van der Waals surface area (Å²) in [5, 5.41) is 27.8. The molecule has 1 rings (SSSR count). The van der Waals surface area contributed by atoms with Crippen LogP contribution in [0.15, 0.2) is 0 Å². The van der Waals surface area contributed by atoms with Crippen LogP contribution < -0.4 is 0 Å². The Hall–Kier alpha value is -1.75. The molecule has 1 aliphatic heterocycles. The maximum atomic E-state index is 11.4. The molecule has 0 spiro atoms. The van der Waals surface area contributed by atoms with E-state index in [1.54, 1.807) is 4.90 Å². The summed E-state index contributed by atoms with van der Waals surface area (Å²) in [5.41, 5.74) is 0. The first kappa shape index (κ1) is 26.3. The molecular weight excluding hydrogens is 392 g/mol. The molecule has 3 N–H and O–H groups in total. The van der Waals surface area contributed by atoms with Crippen molar-refractivity contribution >= 4 is 17.9 Å². The highest BCUT2D eigenvalue weighted by atomic mass is 16.4. The van der Waals surface area contributed by atoms with Gasteiger partial charge in [0, 0.05) is 51.9 Å². The molecule has 1 unspecified atom stereocenters. The molecule has 0 amide bonds. The topological polar surface area (TPSA) is 125 Å². The van der Waals surface area contributed by atoms with Crippen LogP contribution in [0.25, 0.3) is 0 Å². The minimum absolute atomic E-state index is 0.0849. The highest BCUT2D eigenvalue weighted by Crippen LogP contribution is 2.14. The summed E-state index contributed by atoms with van der Waals surface area (Å²) in [6, 6.07) is 0.147. The smallest absolute Gasteiger partial charge is 0.317 e. The second-order valence-corrected chi connectivity index (χ2v) is 8.38. The highest BCUT2D eigenvalue weighted by molar-refractivity contribution is 5.69. The first-order chi connectivity index (χ1) is 14.1. The van der Waals surface area contributed by atoms with E-state index in [0.717, 1.165) is 13.0 Å². The Bertz CT molecular complexity index is 559. The minimum Gasteiger partial charge on any atom is -0.480 e. The summed E-state index contributed by atoms with van der Waals surface area (Å²) >= 11 is 0. The van der Waals surface area contributed by atoms with Crippen LogP contribution in [0.1, 0.15) is 27.2 Å². The number of nitrogens with zero attached hydrogens (tertiary/aromatic N) is 4. The molecule has 1 heterocycles. The van der Waals surface area contributed by atoms with Crippen LogP contribution in [0.3, 0.4) is 0 Å². The van der Waals surface area contributed by atoms with Gasteiger partial charge in [0.2, 0.25) is 0 Å². The van der Waals surface area contributed by atoms with Crippen molar-refractivity contribution in [3.63, 3.8) is 0 Å². The van der Waals surface area contributed by atoms with Gasteiger partial charge in [-0.25, -0.2) is 0 Å². The van der Waals surface area contributed by atoms with Crippen LogP contribution >= 0.6 is 0 Å². The second-order valence-electron chi connectivity index (χ2n) is 8.38. The fourth-order valence-corrected chi connectivity index (χ4v) is 3.96. The lowest BCUT2D eigenvalue weighted by Gasteiger charge is -2.38. The van der Waals surface area contributed by atoms with Gasteiger partial charge in [-0.15, -0.1) is 0 Å². The van der Waals surface area contributed by atoms with Gasteiger partial charge in [0.05, 0.1) is 19.6 Å². The van der Waals surface area contributed by atoms with Crippen LogP contribution in [0.5, 0.6) is 0 Å². The molecule has 10 nitrogen and oxygen atoms in total. The molecule has 30 heavy (non-hydrogen) atoms. The molecular formula is C20H38N4O6. The third-order valence-electron chi connectivity index (χ3n) is 5.38. The third kappa shape index (κ3) is 10.9. The normalized spacial score (nSPS) is 21.8. The first-order valence-corrected chi connectivity index (χ1v) is 10.7. The fraction of sp³-hybridized carbons (Fsp3) is 0.850. The number of carboxylic acids is 3. The Morgan fingerprint density at radius 1 is 0.767 bits per heavy atom. The van der Waals surface area contributed by atoms with E-state index in [0.29, 0.717) is 51.7 Å². The molecule has 1 atom stereocenters. The van der Waals surface area contributed by atoms with Crippen molar-refractivity contribution < 1.29 is 29.7 Å². The molecule has 1 saturated heterocycles. The molecule has 0 aromatic carbocycles. The van der Waals surface area contributed by atoms with Crippen LogP contribution in [0, 0.1) is 5.92 Å². The molecule has 0 radical (unpaired) electrons. The molecule has 1 fully saturated rings. The van der Waals surface area contributed by atoms with E-state index in [1.165, 1.54) is 0 Å². The SMILES string of the molecule is CCN1CCN(CC(=O)O)CCN(CC(=O)O)CCN(CC(=O)O)CC1CC(C)C. The maximum absolute atomic E-state index is 11.4. The van der Waals surface area contributed by atoms with Gasteiger partial charge in [0.1, 0.15) is 0 Å². The van der Waals surface area contributed by atoms with E-state index < -0.39 is 17.9 Å². The third-order valence-corrected chi connectivity index (χ3v) is 5.38. The number of rotatable bonds is 9. The molecule has 0 aromatic rings. The Labute approximate surface area is 179 Å². The number of hydrogen-bond donors (Lipinski definition) is 3. The van der Waals surface area contributed by atoms with Gasteiger partial charge in [0.15, 0.2) is 0 Å². The Kier molecular flexibility index (Phi) is 11.9. The molecule has 0 aromatic heterocycles. The molecule has 0 saturated carbocycles. The summed E-state index contributed by atoms with van der Waals surface area (Å²) < 4.78 is 0. The van der Waals surface area contributed by atoms with Crippen molar-refractivity contribution in [2.45, 2.75) is 33.2 Å². The number of likely N-dealkylation sites (N-methyl/N-ethyl adjacent to an activating group) is 1. The molecule has 10 heteroatoms. The van der Waals surface area contributed by atoms with Crippen molar-refractivity contribution in [2.24, 2.45) is 5.92 Å². The summed E-state index contributed by atoms with van der Waals surface area (Å²) in [6.07, 6.45) is 0.904. The lowest BCUT2D eigenvalue weighted by molar-refractivity contribution is -0.140. The number of hydrogen-bond acceptors (Lipinski definition) is 7. The van der Waals surface area contributed by atoms with Gasteiger partial charge in [-0.05, 0) is 18.9 Å². The second kappa shape index (κ2) is 13.5. The van der Waals surface area contributed by atoms with Crippen molar-refractivity contribution in [1.82, 2.24) is 19.6 Å². The summed E-state index contributed by atoms with van der Waals surface area (Å²) in [5.74, 6) is -2.32. The summed E-state index contributed by atoms with van der Waals surface area (Å²) in [4.78, 5) is 41.7.